The van der Waals surface area contributed by atoms with Gasteiger partial charge in [0.05, 0.1) is 7.11 Å². The second-order valence-corrected chi connectivity index (χ2v) is 5.50. The number of methoxy groups -OCH3 is 1. The van der Waals surface area contributed by atoms with Crippen LogP contribution in [0.15, 0.2) is 45.6 Å². The molecule has 0 atom stereocenters. The van der Waals surface area contributed by atoms with Gasteiger partial charge in [0, 0.05) is 34.2 Å². The lowest BCUT2D eigenvalue weighted by Crippen LogP contribution is -2.07. The van der Waals surface area contributed by atoms with E-state index in [1.807, 2.05) is 37.3 Å². The Kier molecular flexibility index (Phi) is 4.51. The van der Waals surface area contributed by atoms with Crippen LogP contribution in [0.4, 0.5) is 0 Å². The Morgan fingerprint density at radius 1 is 1.12 bits per heavy atom. The van der Waals surface area contributed by atoms with Gasteiger partial charge in [-0.05, 0) is 12.5 Å². The van der Waals surface area contributed by atoms with Gasteiger partial charge >= 0.3 is 11.6 Å². The van der Waals surface area contributed by atoms with Gasteiger partial charge in [0.1, 0.15) is 17.9 Å². The third-order valence-corrected chi connectivity index (χ3v) is 3.86. The molecule has 0 amide bonds. The molecule has 0 saturated carbocycles. The lowest BCUT2D eigenvalue weighted by atomic mass is 10.0. The van der Waals surface area contributed by atoms with E-state index in [1.165, 1.54) is 6.07 Å². The number of carbonyl (C=O) groups is 1. The van der Waals surface area contributed by atoms with Gasteiger partial charge in [0.2, 0.25) is 0 Å². The molecule has 5 nitrogen and oxygen atoms in total. The van der Waals surface area contributed by atoms with Crippen LogP contribution in [0.25, 0.3) is 21.7 Å². The molecule has 0 fully saturated rings. The molecule has 5 heteroatoms. The highest BCUT2D eigenvalue weighted by atomic mass is 16.5. The molecule has 3 rings (SSSR count). The summed E-state index contributed by atoms with van der Waals surface area (Å²) >= 11 is 0. The van der Waals surface area contributed by atoms with Gasteiger partial charge in [0.25, 0.3) is 0 Å². The molecule has 2 aromatic carbocycles. The quantitative estimate of drug-likeness (QED) is 0.405. The second-order valence-electron chi connectivity index (χ2n) is 5.50. The predicted octanol–water partition coefficient (Wildman–Crippen LogP) is 3.80. The molecule has 0 spiro atoms. The van der Waals surface area contributed by atoms with Crippen molar-refractivity contribution in [2.45, 2.75) is 26.4 Å². The first-order valence-corrected chi connectivity index (χ1v) is 7.82. The first-order chi connectivity index (χ1) is 11.6. The normalized spacial score (nSPS) is 10.9. The van der Waals surface area contributed by atoms with Gasteiger partial charge in [-0.1, -0.05) is 31.2 Å². The van der Waals surface area contributed by atoms with Gasteiger partial charge in [-0.2, -0.15) is 0 Å². The first kappa shape index (κ1) is 16.1. The molecule has 0 aliphatic heterocycles. The van der Waals surface area contributed by atoms with Gasteiger partial charge in [-0.25, -0.2) is 4.79 Å². The second kappa shape index (κ2) is 6.74. The van der Waals surface area contributed by atoms with Crippen molar-refractivity contribution in [3.63, 3.8) is 0 Å². The standard InChI is InChI=1S/C19H18O5/c1-3-6-17(20)23-11-12-9-18(21)24-19-14-8-5-4-7-13(14)16(22-2)10-15(12)19/h4-5,7-10H,3,6,11H2,1-2H3. The topological polar surface area (TPSA) is 65.7 Å². The maximum Gasteiger partial charge on any atom is 0.336 e. The maximum absolute atomic E-state index is 11.9. The lowest BCUT2D eigenvalue weighted by molar-refractivity contribution is -0.144. The molecule has 24 heavy (non-hydrogen) atoms. The van der Waals surface area contributed by atoms with Gasteiger partial charge in [-0.3, -0.25) is 4.79 Å². The Hall–Kier alpha value is -2.82. The summed E-state index contributed by atoms with van der Waals surface area (Å²) in [6.45, 7) is 1.94. The fraction of sp³-hybridized carbons (Fsp3) is 0.263. The van der Waals surface area contributed by atoms with Crippen molar-refractivity contribution in [2.75, 3.05) is 7.11 Å². The summed E-state index contributed by atoms with van der Waals surface area (Å²) in [5.74, 6) is 0.389. The van der Waals surface area contributed by atoms with Crippen LogP contribution < -0.4 is 10.4 Å². The number of rotatable bonds is 5. The summed E-state index contributed by atoms with van der Waals surface area (Å²) in [4.78, 5) is 23.6. The minimum absolute atomic E-state index is 0.0302. The molecule has 0 N–H and O–H groups in total. The van der Waals surface area contributed by atoms with Crippen molar-refractivity contribution < 1.29 is 18.7 Å². The van der Waals surface area contributed by atoms with Gasteiger partial charge in [-0.15, -0.1) is 0 Å². The van der Waals surface area contributed by atoms with Crippen LogP contribution in [0.2, 0.25) is 0 Å². The molecule has 0 saturated heterocycles. The highest BCUT2D eigenvalue weighted by molar-refractivity contribution is 6.08. The fourth-order valence-electron chi connectivity index (χ4n) is 2.74. The molecule has 1 heterocycles. The minimum atomic E-state index is -0.473. The molecule has 0 radical (unpaired) electrons. The zero-order valence-corrected chi connectivity index (χ0v) is 13.6. The summed E-state index contributed by atoms with van der Waals surface area (Å²) in [5.41, 5.74) is 0.606. The number of hydrogen-bond donors (Lipinski definition) is 0. The highest BCUT2D eigenvalue weighted by Crippen LogP contribution is 2.34. The Morgan fingerprint density at radius 2 is 1.88 bits per heavy atom. The monoisotopic (exact) mass is 326 g/mol. The first-order valence-electron chi connectivity index (χ1n) is 7.82. The average molecular weight is 326 g/mol. The lowest BCUT2D eigenvalue weighted by Gasteiger charge is -2.11. The van der Waals surface area contributed by atoms with Gasteiger partial charge < -0.3 is 13.9 Å². The van der Waals surface area contributed by atoms with Crippen LogP contribution in [-0.2, 0) is 16.1 Å². The number of esters is 1. The number of ether oxygens (including phenoxy) is 2. The molecule has 0 aliphatic carbocycles. The van der Waals surface area contributed by atoms with E-state index in [2.05, 4.69) is 0 Å². The molecule has 1 aromatic heterocycles. The zero-order valence-electron chi connectivity index (χ0n) is 13.6. The fourth-order valence-corrected chi connectivity index (χ4v) is 2.74. The van der Waals surface area contributed by atoms with Crippen LogP contribution in [0.1, 0.15) is 25.3 Å². The molecule has 0 bridgehead atoms. The zero-order chi connectivity index (χ0) is 17.1. The Balaban J connectivity index is 2.18. The molecule has 3 aromatic rings. The van der Waals surface area contributed by atoms with E-state index < -0.39 is 5.63 Å². The largest absolute Gasteiger partial charge is 0.496 e. The summed E-state index contributed by atoms with van der Waals surface area (Å²) < 4.78 is 16.1. The Bertz CT molecular complexity index is 955. The number of hydrogen-bond acceptors (Lipinski definition) is 5. The summed E-state index contributed by atoms with van der Waals surface area (Å²) in [6.07, 6.45) is 1.07. The van der Waals surface area contributed by atoms with E-state index in [9.17, 15) is 9.59 Å². The third kappa shape index (κ3) is 2.97. The summed E-state index contributed by atoms with van der Waals surface area (Å²) in [5, 5.41) is 2.34. The number of fused-ring (bicyclic) bond motifs is 3. The van der Waals surface area contributed by atoms with E-state index in [-0.39, 0.29) is 12.6 Å². The van der Waals surface area contributed by atoms with E-state index in [0.717, 1.165) is 17.2 Å². The summed E-state index contributed by atoms with van der Waals surface area (Å²) in [7, 11) is 1.59. The van der Waals surface area contributed by atoms with E-state index in [1.54, 1.807) is 7.11 Å². The van der Waals surface area contributed by atoms with Crippen LogP contribution in [-0.4, -0.2) is 13.1 Å². The van der Waals surface area contributed by atoms with Crippen molar-refractivity contribution in [3.8, 4) is 5.75 Å². The van der Waals surface area contributed by atoms with E-state index in [0.29, 0.717) is 28.7 Å². The third-order valence-electron chi connectivity index (χ3n) is 3.86. The molecule has 0 aliphatic rings. The van der Waals surface area contributed by atoms with E-state index >= 15 is 0 Å². The Morgan fingerprint density at radius 3 is 2.58 bits per heavy atom. The van der Waals surface area contributed by atoms with Crippen LogP contribution >= 0.6 is 0 Å². The Labute approximate surface area is 138 Å². The molecular weight excluding hydrogens is 308 g/mol. The number of benzene rings is 2. The minimum Gasteiger partial charge on any atom is -0.496 e. The predicted molar refractivity (Wildman–Crippen MR) is 91.2 cm³/mol. The summed E-state index contributed by atoms with van der Waals surface area (Å²) in [6, 6.07) is 10.7. The van der Waals surface area contributed by atoms with Crippen LogP contribution in [0.5, 0.6) is 5.75 Å². The van der Waals surface area contributed by atoms with Gasteiger partial charge in [0.15, 0.2) is 0 Å². The number of carbonyl (C=O) groups excluding carboxylic acids is 1. The van der Waals surface area contributed by atoms with Crippen molar-refractivity contribution in [1.82, 2.24) is 0 Å². The highest BCUT2D eigenvalue weighted by Gasteiger charge is 2.14. The van der Waals surface area contributed by atoms with Crippen molar-refractivity contribution in [3.05, 3.63) is 52.4 Å². The van der Waals surface area contributed by atoms with Crippen molar-refractivity contribution in [2.24, 2.45) is 0 Å². The molecular formula is C19H18O5. The maximum atomic E-state index is 11.9. The van der Waals surface area contributed by atoms with Crippen molar-refractivity contribution >= 4 is 27.7 Å². The van der Waals surface area contributed by atoms with Crippen LogP contribution in [0, 0.1) is 0 Å². The van der Waals surface area contributed by atoms with Crippen LogP contribution in [0.3, 0.4) is 0 Å². The SMILES string of the molecule is CCCC(=O)OCc1cc(=O)oc2c1cc(OC)c1ccccc12. The average Bonchev–Trinajstić information content (AvgIpc) is 2.59. The molecule has 0 unspecified atom stereocenters. The smallest absolute Gasteiger partial charge is 0.336 e. The molecule has 124 valence electrons. The van der Waals surface area contributed by atoms with Crippen molar-refractivity contribution in [1.29, 1.82) is 0 Å². The van der Waals surface area contributed by atoms with E-state index in [4.69, 9.17) is 13.9 Å².